The second-order valence-corrected chi connectivity index (χ2v) is 7.41. The lowest BCUT2D eigenvalue weighted by Gasteiger charge is -2.13. The Morgan fingerprint density at radius 1 is 0.897 bits per heavy atom. The molecular formula is C24H16ClN3O. The predicted octanol–water partition coefficient (Wildman–Crippen LogP) is 5.77. The number of benzene rings is 2. The number of aromatic amines is 1. The van der Waals surface area contributed by atoms with Crippen LogP contribution in [0.15, 0.2) is 77.7 Å². The van der Waals surface area contributed by atoms with Crippen LogP contribution in [0, 0.1) is 6.92 Å². The number of hydrogen-bond acceptors (Lipinski definition) is 3. The number of halogens is 1. The van der Waals surface area contributed by atoms with Gasteiger partial charge in [-0.15, -0.1) is 0 Å². The molecule has 0 fully saturated rings. The molecule has 0 unspecified atom stereocenters. The van der Waals surface area contributed by atoms with Gasteiger partial charge in [-0.2, -0.15) is 0 Å². The fourth-order valence-electron chi connectivity index (χ4n) is 3.58. The molecule has 2 aromatic carbocycles. The van der Waals surface area contributed by atoms with E-state index >= 15 is 0 Å². The highest BCUT2D eigenvalue weighted by atomic mass is 35.5. The van der Waals surface area contributed by atoms with Crippen molar-refractivity contribution in [2.75, 3.05) is 0 Å². The van der Waals surface area contributed by atoms with Gasteiger partial charge in [0.05, 0.1) is 16.2 Å². The Balaban J connectivity index is 1.86. The minimum Gasteiger partial charge on any atom is -0.306 e. The van der Waals surface area contributed by atoms with Crippen molar-refractivity contribution in [1.29, 1.82) is 0 Å². The molecule has 5 aromatic rings. The highest BCUT2D eigenvalue weighted by Crippen LogP contribution is 2.36. The van der Waals surface area contributed by atoms with Crippen LogP contribution in [0.3, 0.4) is 0 Å². The number of fused-ring (bicyclic) bond motifs is 2. The third kappa shape index (κ3) is 3.08. The quantitative estimate of drug-likeness (QED) is 0.411. The second-order valence-electron chi connectivity index (χ2n) is 7.00. The Labute approximate surface area is 171 Å². The molecule has 5 heteroatoms. The van der Waals surface area contributed by atoms with Crippen molar-refractivity contribution in [2.24, 2.45) is 0 Å². The topological polar surface area (TPSA) is 58.6 Å². The Kier molecular flexibility index (Phi) is 4.14. The lowest BCUT2D eigenvalue weighted by molar-refractivity contribution is 1.19. The summed E-state index contributed by atoms with van der Waals surface area (Å²) in [5, 5.41) is 2.43. The smallest absolute Gasteiger partial charge is 0.252 e. The van der Waals surface area contributed by atoms with E-state index in [2.05, 4.69) is 22.1 Å². The van der Waals surface area contributed by atoms with E-state index in [1.807, 2.05) is 54.6 Å². The van der Waals surface area contributed by atoms with Crippen LogP contribution in [0.25, 0.3) is 44.3 Å². The Morgan fingerprint density at radius 2 is 1.72 bits per heavy atom. The fraction of sp³-hybridized carbons (Fsp3) is 0.0417. The van der Waals surface area contributed by atoms with E-state index < -0.39 is 0 Å². The largest absolute Gasteiger partial charge is 0.306 e. The fourth-order valence-corrected chi connectivity index (χ4v) is 3.86. The molecule has 4 nitrogen and oxygen atoms in total. The van der Waals surface area contributed by atoms with Crippen molar-refractivity contribution in [1.82, 2.24) is 15.0 Å². The van der Waals surface area contributed by atoms with Gasteiger partial charge in [0.2, 0.25) is 0 Å². The van der Waals surface area contributed by atoms with Gasteiger partial charge >= 0.3 is 0 Å². The van der Waals surface area contributed by atoms with Crippen LogP contribution in [-0.4, -0.2) is 15.0 Å². The number of nitrogens with zero attached hydrogens (tertiary/aromatic N) is 2. The van der Waals surface area contributed by atoms with Crippen LogP contribution in [0.4, 0.5) is 0 Å². The molecule has 0 aliphatic rings. The molecule has 3 aromatic heterocycles. The first-order valence-electron chi connectivity index (χ1n) is 9.25. The zero-order valence-electron chi connectivity index (χ0n) is 15.6. The van der Waals surface area contributed by atoms with Crippen LogP contribution in [0.2, 0.25) is 5.02 Å². The Bertz CT molecular complexity index is 1440. The number of hydrogen-bond donors (Lipinski definition) is 1. The Hall–Kier alpha value is -3.50. The summed E-state index contributed by atoms with van der Waals surface area (Å²) in [6.07, 6.45) is 1.74. The summed E-state index contributed by atoms with van der Waals surface area (Å²) >= 11 is 6.54. The summed E-state index contributed by atoms with van der Waals surface area (Å²) in [6, 6.07) is 21.7. The van der Waals surface area contributed by atoms with Gasteiger partial charge in [-0.25, -0.2) is 4.98 Å². The maximum atomic E-state index is 12.1. The van der Waals surface area contributed by atoms with E-state index in [4.69, 9.17) is 16.6 Å². The molecule has 0 spiro atoms. The van der Waals surface area contributed by atoms with Gasteiger partial charge in [-0.1, -0.05) is 48.0 Å². The molecule has 140 valence electrons. The minimum atomic E-state index is -0.128. The standard InChI is InChI=1S/C24H16ClN3O/c1-14-10-18-12-19(17-11-16-8-5-9-26-22(16)20(25)13-17)21(15-6-3-2-4-7-15)27-23(18)28-24(14)29/h2-13H,1H3,(H,27,28,29). The van der Waals surface area contributed by atoms with Crippen molar-refractivity contribution in [3.8, 4) is 22.4 Å². The van der Waals surface area contributed by atoms with E-state index in [1.165, 1.54) is 0 Å². The third-order valence-electron chi connectivity index (χ3n) is 5.03. The molecule has 0 saturated heterocycles. The first-order chi connectivity index (χ1) is 14.1. The minimum absolute atomic E-state index is 0.128. The molecule has 5 rings (SSSR count). The van der Waals surface area contributed by atoms with E-state index in [0.29, 0.717) is 16.2 Å². The van der Waals surface area contributed by atoms with Crippen molar-refractivity contribution < 1.29 is 0 Å². The Morgan fingerprint density at radius 3 is 2.55 bits per heavy atom. The van der Waals surface area contributed by atoms with Gasteiger partial charge in [0.25, 0.3) is 5.56 Å². The number of pyridine rings is 3. The second kappa shape index (κ2) is 6.83. The van der Waals surface area contributed by atoms with Crippen molar-refractivity contribution in [3.05, 3.63) is 93.9 Å². The van der Waals surface area contributed by atoms with Crippen molar-refractivity contribution in [2.45, 2.75) is 6.92 Å². The molecule has 0 bridgehead atoms. The normalized spacial score (nSPS) is 11.2. The zero-order chi connectivity index (χ0) is 20.0. The van der Waals surface area contributed by atoms with Crippen LogP contribution < -0.4 is 5.56 Å². The molecular weight excluding hydrogens is 382 g/mol. The van der Waals surface area contributed by atoms with E-state index in [0.717, 1.165) is 38.7 Å². The van der Waals surface area contributed by atoms with Crippen molar-refractivity contribution in [3.63, 3.8) is 0 Å². The molecule has 0 atom stereocenters. The third-order valence-corrected chi connectivity index (χ3v) is 5.32. The first-order valence-corrected chi connectivity index (χ1v) is 9.63. The van der Waals surface area contributed by atoms with E-state index in [1.54, 1.807) is 13.1 Å². The SMILES string of the molecule is Cc1cc2cc(-c3cc(Cl)c4ncccc4c3)c(-c3ccccc3)nc2[nH]c1=O. The van der Waals surface area contributed by atoms with Crippen LogP contribution in [0.5, 0.6) is 0 Å². The first kappa shape index (κ1) is 17.6. The molecule has 0 amide bonds. The summed E-state index contributed by atoms with van der Waals surface area (Å²) in [5.74, 6) is 0. The molecule has 1 N–H and O–H groups in total. The maximum Gasteiger partial charge on any atom is 0.252 e. The van der Waals surface area contributed by atoms with Gasteiger partial charge < -0.3 is 4.98 Å². The average molecular weight is 398 g/mol. The van der Waals surface area contributed by atoms with Gasteiger partial charge in [0.1, 0.15) is 5.65 Å². The van der Waals surface area contributed by atoms with Gasteiger partial charge in [-0.3, -0.25) is 9.78 Å². The summed E-state index contributed by atoms with van der Waals surface area (Å²) in [6.45, 7) is 1.79. The summed E-state index contributed by atoms with van der Waals surface area (Å²) < 4.78 is 0. The highest BCUT2D eigenvalue weighted by molar-refractivity contribution is 6.35. The number of rotatable bonds is 2. The molecule has 0 aliphatic carbocycles. The van der Waals surface area contributed by atoms with E-state index in [-0.39, 0.29) is 5.56 Å². The molecule has 3 heterocycles. The molecule has 0 saturated carbocycles. The van der Waals surface area contributed by atoms with Gasteiger partial charge in [0, 0.05) is 33.7 Å². The average Bonchev–Trinajstić information content (AvgIpc) is 2.74. The number of aromatic nitrogens is 3. The molecule has 29 heavy (non-hydrogen) atoms. The van der Waals surface area contributed by atoms with Gasteiger partial charge in [-0.05, 0) is 42.8 Å². The highest BCUT2D eigenvalue weighted by Gasteiger charge is 2.14. The summed E-state index contributed by atoms with van der Waals surface area (Å²) in [5.41, 5.74) is 5.51. The summed E-state index contributed by atoms with van der Waals surface area (Å²) in [4.78, 5) is 24.2. The monoisotopic (exact) mass is 397 g/mol. The predicted molar refractivity (Wildman–Crippen MR) is 118 cm³/mol. The number of nitrogens with one attached hydrogen (secondary N) is 1. The van der Waals surface area contributed by atoms with Crippen LogP contribution in [-0.2, 0) is 0 Å². The lowest BCUT2D eigenvalue weighted by Crippen LogP contribution is -2.09. The maximum absolute atomic E-state index is 12.1. The van der Waals surface area contributed by atoms with Crippen LogP contribution >= 0.6 is 11.6 Å². The lowest BCUT2D eigenvalue weighted by atomic mass is 9.96. The van der Waals surface area contributed by atoms with Crippen LogP contribution in [0.1, 0.15) is 5.56 Å². The summed E-state index contributed by atoms with van der Waals surface area (Å²) in [7, 11) is 0. The van der Waals surface area contributed by atoms with Gasteiger partial charge in [0.15, 0.2) is 0 Å². The van der Waals surface area contributed by atoms with Crippen molar-refractivity contribution >= 4 is 33.5 Å². The molecule has 0 radical (unpaired) electrons. The molecule has 0 aliphatic heterocycles. The number of H-pyrrole nitrogens is 1. The zero-order valence-corrected chi connectivity index (χ0v) is 16.4. The number of aryl methyl sites for hydroxylation is 1. The van der Waals surface area contributed by atoms with E-state index in [9.17, 15) is 4.79 Å².